The van der Waals surface area contributed by atoms with Gasteiger partial charge < -0.3 is 21.1 Å². The quantitative estimate of drug-likeness (QED) is 0.429. The Hall–Kier alpha value is -2.78. The summed E-state index contributed by atoms with van der Waals surface area (Å²) in [5.41, 5.74) is 2.94. The molecule has 1 unspecified atom stereocenters. The van der Waals surface area contributed by atoms with Gasteiger partial charge in [-0.1, -0.05) is 0 Å². The van der Waals surface area contributed by atoms with Crippen molar-refractivity contribution < 1.29 is 14.3 Å². The van der Waals surface area contributed by atoms with Gasteiger partial charge in [-0.15, -0.1) is 11.3 Å². The third-order valence-corrected chi connectivity index (χ3v) is 5.20. The molecule has 0 aliphatic carbocycles. The molecule has 3 rings (SSSR count). The van der Waals surface area contributed by atoms with Gasteiger partial charge in [0.1, 0.15) is 12.0 Å². The van der Waals surface area contributed by atoms with Crippen LogP contribution in [0.1, 0.15) is 38.1 Å². The molecule has 0 saturated heterocycles. The van der Waals surface area contributed by atoms with Crippen LogP contribution in [0.4, 0.5) is 21.6 Å². The van der Waals surface area contributed by atoms with E-state index in [1.807, 2.05) is 32.0 Å². The van der Waals surface area contributed by atoms with E-state index in [1.165, 1.54) is 20.0 Å². The number of carbonyl (C=O) groups is 1. The van der Waals surface area contributed by atoms with Gasteiger partial charge in [0.15, 0.2) is 0 Å². The van der Waals surface area contributed by atoms with Gasteiger partial charge in [-0.05, 0) is 45.9 Å². The number of aromatic nitrogens is 2. The molecule has 2 aromatic heterocycles. The van der Waals surface area contributed by atoms with Gasteiger partial charge in [-0.3, -0.25) is 4.79 Å². The Balaban J connectivity index is 1.79. The number of aliphatic hydroxyl groups is 1. The fourth-order valence-electron chi connectivity index (χ4n) is 2.74. The molecular weight excluding hydrogens is 405 g/mol. The number of halogens is 1. The van der Waals surface area contributed by atoms with Crippen molar-refractivity contribution in [3.05, 3.63) is 41.5 Å². The van der Waals surface area contributed by atoms with Gasteiger partial charge in [-0.25, -0.2) is 14.4 Å². The second-order valence-electron chi connectivity index (χ2n) is 7.91. The van der Waals surface area contributed by atoms with Crippen LogP contribution in [0.5, 0.6) is 0 Å². The van der Waals surface area contributed by atoms with Crippen LogP contribution in [-0.2, 0) is 0 Å². The third-order valence-electron chi connectivity index (χ3n) is 4.40. The number of hydrogen-bond acceptors (Lipinski definition) is 7. The number of thiazole rings is 1. The molecule has 7 nitrogen and oxygen atoms in total. The summed E-state index contributed by atoms with van der Waals surface area (Å²) in [6.45, 7) is 6.35. The van der Waals surface area contributed by atoms with Crippen LogP contribution in [0.25, 0.3) is 10.2 Å². The number of amides is 1. The lowest BCUT2D eigenvalue weighted by Gasteiger charge is -2.23. The maximum atomic E-state index is 14.0. The standard InChI is InChI=1S/C21H26FN5O2S/c1-12(2)26-16-8-19(27-13-5-6-15-17(7-13)30-11-25-15)23-9-14(16)20(28)24-10-18(22)21(3,4)29/h5-9,11-12,18,29H,10H2,1-4H3,(H,24,28)(H2,23,26,27). The van der Waals surface area contributed by atoms with Gasteiger partial charge in [0.25, 0.3) is 5.91 Å². The predicted octanol–water partition coefficient (Wildman–Crippen LogP) is 4.09. The molecule has 1 amide bonds. The fraction of sp³-hybridized carbons (Fsp3) is 0.381. The molecule has 0 bridgehead atoms. The number of alkyl halides is 1. The Labute approximate surface area is 178 Å². The van der Waals surface area contributed by atoms with Crippen molar-refractivity contribution in [2.24, 2.45) is 0 Å². The number of rotatable bonds is 8. The lowest BCUT2D eigenvalue weighted by Crippen LogP contribution is -2.42. The smallest absolute Gasteiger partial charge is 0.255 e. The van der Waals surface area contributed by atoms with Crippen molar-refractivity contribution in [2.75, 3.05) is 17.2 Å². The van der Waals surface area contributed by atoms with E-state index in [2.05, 4.69) is 25.9 Å². The summed E-state index contributed by atoms with van der Waals surface area (Å²) in [5.74, 6) is 0.105. The zero-order chi connectivity index (χ0) is 21.9. The number of pyridine rings is 1. The third kappa shape index (κ3) is 5.43. The highest BCUT2D eigenvalue weighted by molar-refractivity contribution is 7.16. The number of anilines is 3. The summed E-state index contributed by atoms with van der Waals surface area (Å²) in [7, 11) is 0. The summed E-state index contributed by atoms with van der Waals surface area (Å²) >= 11 is 1.55. The molecule has 0 fully saturated rings. The topological polar surface area (TPSA) is 99.2 Å². The Morgan fingerprint density at radius 1 is 1.27 bits per heavy atom. The molecule has 160 valence electrons. The number of benzene rings is 1. The van der Waals surface area contributed by atoms with Crippen LogP contribution < -0.4 is 16.0 Å². The number of fused-ring (bicyclic) bond motifs is 1. The summed E-state index contributed by atoms with van der Waals surface area (Å²) < 4.78 is 15.0. The summed E-state index contributed by atoms with van der Waals surface area (Å²) in [4.78, 5) is 21.2. The predicted molar refractivity (Wildman–Crippen MR) is 119 cm³/mol. The van der Waals surface area contributed by atoms with Crippen LogP contribution in [-0.4, -0.2) is 45.3 Å². The average molecular weight is 432 g/mol. The van der Waals surface area contributed by atoms with E-state index in [1.54, 1.807) is 22.9 Å². The highest BCUT2D eigenvalue weighted by Gasteiger charge is 2.27. The second kappa shape index (κ2) is 8.93. The van der Waals surface area contributed by atoms with Crippen LogP contribution in [0.15, 0.2) is 36.0 Å². The first-order valence-electron chi connectivity index (χ1n) is 9.65. The highest BCUT2D eigenvalue weighted by atomic mass is 32.1. The van der Waals surface area contributed by atoms with Crippen molar-refractivity contribution in [2.45, 2.75) is 45.5 Å². The molecule has 4 N–H and O–H groups in total. The Morgan fingerprint density at radius 2 is 2.03 bits per heavy atom. The van der Waals surface area contributed by atoms with Gasteiger partial charge in [0.2, 0.25) is 0 Å². The largest absolute Gasteiger partial charge is 0.387 e. The molecule has 0 aliphatic rings. The molecule has 0 radical (unpaired) electrons. The molecule has 2 heterocycles. The van der Waals surface area contributed by atoms with Crippen LogP contribution in [0, 0.1) is 0 Å². The fourth-order valence-corrected chi connectivity index (χ4v) is 3.46. The molecule has 30 heavy (non-hydrogen) atoms. The van der Waals surface area contributed by atoms with E-state index >= 15 is 0 Å². The summed E-state index contributed by atoms with van der Waals surface area (Å²) in [6, 6.07) is 7.65. The lowest BCUT2D eigenvalue weighted by molar-refractivity contribution is -0.00177. The molecule has 1 atom stereocenters. The first-order chi connectivity index (χ1) is 14.1. The summed E-state index contributed by atoms with van der Waals surface area (Å²) in [6.07, 6.45) is -0.135. The number of carbonyl (C=O) groups excluding carboxylic acids is 1. The van der Waals surface area contributed by atoms with E-state index in [9.17, 15) is 14.3 Å². The van der Waals surface area contributed by atoms with Crippen LogP contribution in [0.3, 0.4) is 0 Å². The SMILES string of the molecule is CC(C)Nc1cc(Nc2ccc3ncsc3c2)ncc1C(=O)NCC(F)C(C)(C)O. The number of hydrogen-bond donors (Lipinski definition) is 4. The number of nitrogens with one attached hydrogen (secondary N) is 3. The molecule has 3 aromatic rings. The lowest BCUT2D eigenvalue weighted by atomic mass is 10.0. The second-order valence-corrected chi connectivity index (χ2v) is 8.79. The molecule has 0 saturated carbocycles. The minimum atomic E-state index is -1.58. The Morgan fingerprint density at radius 3 is 2.73 bits per heavy atom. The minimum Gasteiger partial charge on any atom is -0.387 e. The van der Waals surface area contributed by atoms with Gasteiger partial charge >= 0.3 is 0 Å². The van der Waals surface area contributed by atoms with E-state index in [-0.39, 0.29) is 12.6 Å². The summed E-state index contributed by atoms with van der Waals surface area (Å²) in [5, 5.41) is 18.7. The van der Waals surface area contributed by atoms with E-state index in [0.29, 0.717) is 17.1 Å². The van der Waals surface area contributed by atoms with Crippen molar-refractivity contribution in [3.8, 4) is 0 Å². The van der Waals surface area contributed by atoms with Crippen molar-refractivity contribution in [1.29, 1.82) is 0 Å². The van der Waals surface area contributed by atoms with Gasteiger partial charge in [0.05, 0.1) is 39.1 Å². The van der Waals surface area contributed by atoms with E-state index < -0.39 is 17.7 Å². The molecule has 0 aliphatic heterocycles. The minimum absolute atomic E-state index is 0.0747. The van der Waals surface area contributed by atoms with E-state index in [4.69, 9.17) is 0 Å². The zero-order valence-corrected chi connectivity index (χ0v) is 18.2. The van der Waals surface area contributed by atoms with Crippen molar-refractivity contribution >= 4 is 44.7 Å². The van der Waals surface area contributed by atoms with Gasteiger partial charge in [0, 0.05) is 24.0 Å². The van der Waals surface area contributed by atoms with Crippen molar-refractivity contribution in [3.63, 3.8) is 0 Å². The van der Waals surface area contributed by atoms with Crippen molar-refractivity contribution in [1.82, 2.24) is 15.3 Å². The number of nitrogens with zero attached hydrogens (tertiary/aromatic N) is 2. The van der Waals surface area contributed by atoms with Crippen LogP contribution >= 0.6 is 11.3 Å². The average Bonchev–Trinajstić information content (AvgIpc) is 3.12. The highest BCUT2D eigenvalue weighted by Crippen LogP contribution is 2.26. The molecular formula is C21H26FN5O2S. The van der Waals surface area contributed by atoms with Crippen LogP contribution in [0.2, 0.25) is 0 Å². The Bertz CT molecular complexity index is 1030. The zero-order valence-electron chi connectivity index (χ0n) is 17.4. The molecule has 9 heteroatoms. The monoisotopic (exact) mass is 431 g/mol. The maximum absolute atomic E-state index is 14.0. The first-order valence-corrected chi connectivity index (χ1v) is 10.5. The molecule has 0 spiro atoms. The Kier molecular flexibility index (Phi) is 6.52. The van der Waals surface area contributed by atoms with Gasteiger partial charge in [-0.2, -0.15) is 0 Å². The molecule has 1 aromatic carbocycles. The first kappa shape index (κ1) is 21.9. The maximum Gasteiger partial charge on any atom is 0.255 e. The normalized spacial score (nSPS) is 12.8. The van der Waals surface area contributed by atoms with E-state index in [0.717, 1.165) is 15.9 Å².